The Morgan fingerprint density at radius 3 is 1.46 bits per heavy atom. The Balaban J connectivity index is 1.86. The van der Waals surface area contributed by atoms with E-state index < -0.39 is 0 Å². The molecular formula is C24H32O2. The highest BCUT2D eigenvalue weighted by Gasteiger charge is 2.35. The molecule has 0 unspecified atom stereocenters. The van der Waals surface area contributed by atoms with E-state index in [2.05, 4.69) is 62.4 Å². The van der Waals surface area contributed by atoms with Gasteiger partial charge in [0, 0.05) is 5.41 Å². The number of hydrogen-bond acceptors (Lipinski definition) is 2. The van der Waals surface area contributed by atoms with Crippen molar-refractivity contribution < 1.29 is 9.47 Å². The minimum absolute atomic E-state index is 0.130. The van der Waals surface area contributed by atoms with Gasteiger partial charge in [-0.2, -0.15) is 0 Å². The van der Waals surface area contributed by atoms with E-state index in [9.17, 15) is 0 Å². The quantitative estimate of drug-likeness (QED) is 0.539. The SMILES string of the molecule is CCCOc1ccc(C2(c3ccc(OCCC)cc3)CCCCC2)cc1. The molecule has 2 heteroatoms. The molecule has 0 heterocycles. The summed E-state index contributed by atoms with van der Waals surface area (Å²) in [7, 11) is 0. The van der Waals surface area contributed by atoms with Gasteiger partial charge in [0.25, 0.3) is 0 Å². The molecule has 3 rings (SSSR count). The van der Waals surface area contributed by atoms with E-state index in [0.29, 0.717) is 0 Å². The van der Waals surface area contributed by atoms with Crippen molar-refractivity contribution in [3.05, 3.63) is 59.7 Å². The molecule has 26 heavy (non-hydrogen) atoms. The van der Waals surface area contributed by atoms with Gasteiger partial charge in [0.05, 0.1) is 13.2 Å². The molecule has 2 nitrogen and oxygen atoms in total. The third kappa shape index (κ3) is 4.23. The minimum atomic E-state index is 0.130. The molecule has 0 aromatic heterocycles. The minimum Gasteiger partial charge on any atom is -0.494 e. The van der Waals surface area contributed by atoms with Gasteiger partial charge >= 0.3 is 0 Å². The first-order valence-corrected chi connectivity index (χ1v) is 10.2. The van der Waals surface area contributed by atoms with Crippen LogP contribution < -0.4 is 9.47 Å². The molecule has 2 aromatic carbocycles. The Kier molecular flexibility index (Phi) is 6.60. The zero-order chi connectivity index (χ0) is 18.2. The normalized spacial score (nSPS) is 16.2. The van der Waals surface area contributed by atoms with Crippen molar-refractivity contribution in [3.8, 4) is 11.5 Å². The summed E-state index contributed by atoms with van der Waals surface area (Å²) in [5, 5.41) is 0. The van der Waals surface area contributed by atoms with Crippen molar-refractivity contribution >= 4 is 0 Å². The van der Waals surface area contributed by atoms with Gasteiger partial charge in [0.15, 0.2) is 0 Å². The van der Waals surface area contributed by atoms with Crippen LogP contribution in [0.5, 0.6) is 11.5 Å². The lowest BCUT2D eigenvalue weighted by atomic mass is 9.65. The molecule has 0 aliphatic heterocycles. The van der Waals surface area contributed by atoms with Crippen molar-refractivity contribution in [1.29, 1.82) is 0 Å². The highest BCUT2D eigenvalue weighted by molar-refractivity contribution is 5.43. The first-order chi connectivity index (χ1) is 12.8. The fraction of sp³-hybridized carbons (Fsp3) is 0.500. The van der Waals surface area contributed by atoms with E-state index >= 15 is 0 Å². The number of benzene rings is 2. The monoisotopic (exact) mass is 352 g/mol. The fourth-order valence-corrected chi connectivity index (χ4v) is 4.08. The zero-order valence-electron chi connectivity index (χ0n) is 16.3. The van der Waals surface area contributed by atoms with E-state index in [1.807, 2.05) is 0 Å². The molecule has 0 saturated heterocycles. The van der Waals surface area contributed by atoms with Crippen molar-refractivity contribution in [3.63, 3.8) is 0 Å². The van der Waals surface area contributed by atoms with E-state index in [0.717, 1.165) is 37.6 Å². The standard InChI is InChI=1S/C24H32O2/c1-3-18-25-22-12-8-20(9-13-22)24(16-6-5-7-17-24)21-10-14-23(15-11-21)26-19-4-2/h8-15H,3-7,16-19H2,1-2H3. The van der Waals surface area contributed by atoms with Crippen LogP contribution in [-0.2, 0) is 5.41 Å². The smallest absolute Gasteiger partial charge is 0.119 e. The molecule has 1 aliphatic carbocycles. The van der Waals surface area contributed by atoms with Crippen LogP contribution in [0.15, 0.2) is 48.5 Å². The first kappa shape index (κ1) is 18.8. The van der Waals surface area contributed by atoms with Crippen LogP contribution in [0.2, 0.25) is 0 Å². The third-order valence-corrected chi connectivity index (χ3v) is 5.47. The Hall–Kier alpha value is -1.96. The van der Waals surface area contributed by atoms with Crippen LogP contribution in [0.4, 0.5) is 0 Å². The van der Waals surface area contributed by atoms with Crippen molar-refractivity contribution in [2.45, 2.75) is 64.2 Å². The summed E-state index contributed by atoms with van der Waals surface area (Å²) >= 11 is 0. The van der Waals surface area contributed by atoms with Gasteiger partial charge in [0.1, 0.15) is 11.5 Å². The predicted molar refractivity (Wildman–Crippen MR) is 108 cm³/mol. The van der Waals surface area contributed by atoms with Crippen molar-refractivity contribution in [2.24, 2.45) is 0 Å². The Morgan fingerprint density at radius 1 is 0.654 bits per heavy atom. The van der Waals surface area contributed by atoms with Gasteiger partial charge < -0.3 is 9.47 Å². The first-order valence-electron chi connectivity index (χ1n) is 10.2. The summed E-state index contributed by atoms with van der Waals surface area (Å²) in [5.74, 6) is 1.95. The summed E-state index contributed by atoms with van der Waals surface area (Å²) in [4.78, 5) is 0. The van der Waals surface area contributed by atoms with E-state index in [1.54, 1.807) is 0 Å². The van der Waals surface area contributed by atoms with Crippen LogP contribution >= 0.6 is 0 Å². The lowest BCUT2D eigenvalue weighted by molar-refractivity contribution is 0.315. The molecule has 0 bridgehead atoms. The Morgan fingerprint density at radius 2 is 1.08 bits per heavy atom. The van der Waals surface area contributed by atoms with Gasteiger partial charge in [-0.3, -0.25) is 0 Å². The molecule has 2 aromatic rings. The fourth-order valence-electron chi connectivity index (χ4n) is 4.08. The zero-order valence-corrected chi connectivity index (χ0v) is 16.3. The maximum Gasteiger partial charge on any atom is 0.119 e. The van der Waals surface area contributed by atoms with Crippen LogP contribution in [0.1, 0.15) is 69.9 Å². The summed E-state index contributed by atoms with van der Waals surface area (Å²) in [6, 6.07) is 17.7. The highest BCUT2D eigenvalue weighted by atomic mass is 16.5. The summed E-state index contributed by atoms with van der Waals surface area (Å²) in [6.45, 7) is 5.84. The largest absolute Gasteiger partial charge is 0.494 e. The van der Waals surface area contributed by atoms with Gasteiger partial charge in [-0.25, -0.2) is 0 Å². The molecule has 140 valence electrons. The average Bonchev–Trinajstić information content (AvgIpc) is 2.72. The van der Waals surface area contributed by atoms with Crippen LogP contribution in [0.25, 0.3) is 0 Å². The van der Waals surface area contributed by atoms with E-state index in [4.69, 9.17) is 9.47 Å². The Labute approximate surface area is 158 Å². The topological polar surface area (TPSA) is 18.5 Å². The number of rotatable bonds is 8. The molecule has 0 atom stereocenters. The van der Waals surface area contributed by atoms with Gasteiger partial charge in [-0.05, 0) is 61.1 Å². The third-order valence-electron chi connectivity index (χ3n) is 5.47. The van der Waals surface area contributed by atoms with Crippen LogP contribution in [-0.4, -0.2) is 13.2 Å². The van der Waals surface area contributed by atoms with E-state index in [-0.39, 0.29) is 5.41 Å². The van der Waals surface area contributed by atoms with E-state index in [1.165, 1.54) is 43.2 Å². The predicted octanol–water partition coefficient (Wildman–Crippen LogP) is 6.51. The molecule has 1 saturated carbocycles. The lowest BCUT2D eigenvalue weighted by Gasteiger charge is -2.38. The van der Waals surface area contributed by atoms with Crippen LogP contribution in [0.3, 0.4) is 0 Å². The summed E-state index contributed by atoms with van der Waals surface area (Å²) in [6.07, 6.45) is 8.45. The second kappa shape index (κ2) is 9.12. The highest BCUT2D eigenvalue weighted by Crippen LogP contribution is 2.45. The van der Waals surface area contributed by atoms with Crippen molar-refractivity contribution in [1.82, 2.24) is 0 Å². The molecule has 1 aliphatic rings. The van der Waals surface area contributed by atoms with Gasteiger partial charge in [-0.1, -0.05) is 57.4 Å². The Bertz CT molecular complexity index is 598. The summed E-state index contributed by atoms with van der Waals surface area (Å²) in [5.41, 5.74) is 2.97. The molecule has 0 N–H and O–H groups in total. The number of ether oxygens (including phenoxy) is 2. The maximum absolute atomic E-state index is 5.77. The number of hydrogen-bond donors (Lipinski definition) is 0. The second-order valence-corrected chi connectivity index (χ2v) is 7.39. The molecule has 0 radical (unpaired) electrons. The second-order valence-electron chi connectivity index (χ2n) is 7.39. The average molecular weight is 353 g/mol. The van der Waals surface area contributed by atoms with Crippen molar-refractivity contribution in [2.75, 3.05) is 13.2 Å². The summed E-state index contributed by atoms with van der Waals surface area (Å²) < 4.78 is 11.5. The van der Waals surface area contributed by atoms with Crippen LogP contribution in [0, 0.1) is 0 Å². The lowest BCUT2D eigenvalue weighted by Crippen LogP contribution is -2.30. The molecule has 0 amide bonds. The van der Waals surface area contributed by atoms with Gasteiger partial charge in [-0.15, -0.1) is 0 Å². The van der Waals surface area contributed by atoms with Gasteiger partial charge in [0.2, 0.25) is 0 Å². The maximum atomic E-state index is 5.77. The molecule has 1 fully saturated rings. The molecule has 0 spiro atoms. The molecular weight excluding hydrogens is 320 g/mol.